The molecule has 0 aliphatic heterocycles. The second-order valence-corrected chi connectivity index (χ2v) is 4.03. The minimum absolute atomic E-state index is 0.409. The van der Waals surface area contributed by atoms with Gasteiger partial charge in [-0.2, -0.15) is 0 Å². The molecule has 0 aromatic heterocycles. The Hall–Kier alpha value is -1.06. The van der Waals surface area contributed by atoms with Crippen molar-refractivity contribution in [2.45, 2.75) is 26.3 Å². The van der Waals surface area contributed by atoms with E-state index >= 15 is 0 Å². The Morgan fingerprint density at radius 3 is 2.71 bits per heavy atom. The molecule has 1 unspecified atom stereocenters. The Balaban J connectivity index is 1.97. The van der Waals surface area contributed by atoms with Crippen molar-refractivity contribution in [3.8, 4) is 5.75 Å². The third kappa shape index (κ3) is 6.97. The van der Waals surface area contributed by atoms with Crippen molar-refractivity contribution in [2.24, 2.45) is 0 Å². The molecule has 1 atom stereocenters. The van der Waals surface area contributed by atoms with E-state index in [2.05, 4.69) is 12.2 Å². The smallest absolute Gasteiger partial charge is 0.119 e. The lowest BCUT2D eigenvalue weighted by atomic mass is 10.3. The molecule has 96 valence electrons. The Labute approximate surface area is 104 Å². The van der Waals surface area contributed by atoms with Gasteiger partial charge in [0.05, 0.1) is 13.2 Å². The van der Waals surface area contributed by atoms with Crippen LogP contribution in [0.15, 0.2) is 30.3 Å². The molecule has 1 rings (SSSR count). The summed E-state index contributed by atoms with van der Waals surface area (Å²) in [5, 5.41) is 3.40. The van der Waals surface area contributed by atoms with Crippen LogP contribution >= 0.6 is 0 Å². The maximum atomic E-state index is 5.60. The Kier molecular flexibility index (Phi) is 7.43. The molecule has 0 aliphatic carbocycles. The lowest BCUT2D eigenvalue weighted by Gasteiger charge is -2.13. The molecule has 0 heterocycles. The number of benzene rings is 1. The van der Waals surface area contributed by atoms with Gasteiger partial charge in [0.1, 0.15) is 5.75 Å². The minimum Gasteiger partial charge on any atom is -0.494 e. The van der Waals surface area contributed by atoms with Crippen molar-refractivity contribution in [1.29, 1.82) is 0 Å². The summed E-state index contributed by atoms with van der Waals surface area (Å²) < 4.78 is 10.9. The van der Waals surface area contributed by atoms with E-state index in [1.165, 1.54) is 0 Å². The van der Waals surface area contributed by atoms with Crippen molar-refractivity contribution < 1.29 is 9.47 Å². The molecule has 0 aliphatic rings. The molecule has 1 aromatic carbocycles. The fraction of sp³-hybridized carbons (Fsp3) is 0.571. The van der Waals surface area contributed by atoms with Crippen molar-refractivity contribution in [2.75, 3.05) is 26.4 Å². The number of ether oxygens (including phenoxy) is 2. The van der Waals surface area contributed by atoms with Crippen LogP contribution in [0.4, 0.5) is 0 Å². The molecule has 1 N–H and O–H groups in total. The van der Waals surface area contributed by atoms with Crippen molar-refractivity contribution in [3.05, 3.63) is 30.3 Å². The normalized spacial score (nSPS) is 12.4. The maximum absolute atomic E-state index is 5.60. The van der Waals surface area contributed by atoms with E-state index < -0.39 is 0 Å². The van der Waals surface area contributed by atoms with E-state index in [0.717, 1.165) is 38.5 Å². The summed E-state index contributed by atoms with van der Waals surface area (Å²) in [5.41, 5.74) is 0. The largest absolute Gasteiger partial charge is 0.494 e. The Morgan fingerprint density at radius 2 is 2.00 bits per heavy atom. The molecule has 3 heteroatoms. The molecular weight excluding hydrogens is 214 g/mol. The fourth-order valence-electron chi connectivity index (χ4n) is 1.48. The van der Waals surface area contributed by atoms with Gasteiger partial charge in [-0.05, 0) is 38.9 Å². The van der Waals surface area contributed by atoms with Gasteiger partial charge in [0.2, 0.25) is 0 Å². The highest BCUT2D eigenvalue weighted by Crippen LogP contribution is 2.07. The van der Waals surface area contributed by atoms with Crippen LogP contribution in [0.25, 0.3) is 0 Å². The zero-order valence-corrected chi connectivity index (χ0v) is 10.8. The molecular formula is C14H23NO2. The quantitative estimate of drug-likeness (QED) is 0.669. The first-order chi connectivity index (χ1) is 8.33. The predicted octanol–water partition coefficient (Wildman–Crippen LogP) is 2.47. The highest BCUT2D eigenvalue weighted by Gasteiger charge is 1.99. The number of para-hydroxylation sites is 1. The van der Waals surface area contributed by atoms with Gasteiger partial charge < -0.3 is 14.8 Å². The average Bonchev–Trinajstić information content (AvgIpc) is 2.37. The second kappa shape index (κ2) is 9.02. The van der Waals surface area contributed by atoms with Crippen molar-refractivity contribution in [1.82, 2.24) is 5.32 Å². The third-order valence-electron chi connectivity index (χ3n) is 2.40. The lowest BCUT2D eigenvalue weighted by molar-refractivity contribution is 0.127. The van der Waals surface area contributed by atoms with Gasteiger partial charge in [-0.25, -0.2) is 0 Å². The summed E-state index contributed by atoms with van der Waals surface area (Å²) in [6.45, 7) is 7.41. The van der Waals surface area contributed by atoms with Crippen molar-refractivity contribution in [3.63, 3.8) is 0 Å². The highest BCUT2D eigenvalue weighted by atomic mass is 16.5. The molecule has 0 radical (unpaired) electrons. The first-order valence-electron chi connectivity index (χ1n) is 6.32. The van der Waals surface area contributed by atoms with Crippen LogP contribution in [0.3, 0.4) is 0 Å². The first-order valence-corrected chi connectivity index (χ1v) is 6.32. The number of hydrogen-bond acceptors (Lipinski definition) is 3. The molecule has 0 amide bonds. The first kappa shape index (κ1) is 14.0. The Morgan fingerprint density at radius 1 is 1.24 bits per heavy atom. The SMILES string of the molecule is CCOCC(C)NCCCOc1ccccc1. The monoisotopic (exact) mass is 237 g/mol. The Bertz CT molecular complexity index is 277. The number of hydrogen-bond donors (Lipinski definition) is 1. The molecule has 0 fully saturated rings. The standard InChI is InChI=1S/C14H23NO2/c1-3-16-12-13(2)15-10-7-11-17-14-8-5-4-6-9-14/h4-6,8-9,13,15H,3,7,10-12H2,1-2H3. The average molecular weight is 237 g/mol. The van der Waals surface area contributed by atoms with Gasteiger partial charge in [-0.3, -0.25) is 0 Å². The summed E-state index contributed by atoms with van der Waals surface area (Å²) in [5.74, 6) is 0.940. The third-order valence-corrected chi connectivity index (χ3v) is 2.40. The van der Waals surface area contributed by atoms with Crippen LogP contribution in [0.1, 0.15) is 20.3 Å². The van der Waals surface area contributed by atoms with Crippen LogP contribution in [-0.2, 0) is 4.74 Å². The van der Waals surface area contributed by atoms with Crippen LogP contribution in [0.2, 0.25) is 0 Å². The molecule has 0 saturated carbocycles. The summed E-state index contributed by atoms with van der Waals surface area (Å²) in [4.78, 5) is 0. The van der Waals surface area contributed by atoms with Crippen LogP contribution in [0, 0.1) is 0 Å². The van der Waals surface area contributed by atoms with Gasteiger partial charge >= 0.3 is 0 Å². The van der Waals surface area contributed by atoms with Gasteiger partial charge in [-0.1, -0.05) is 18.2 Å². The second-order valence-electron chi connectivity index (χ2n) is 4.03. The molecule has 0 saturated heterocycles. The summed E-state index contributed by atoms with van der Waals surface area (Å²) in [6, 6.07) is 10.3. The van der Waals surface area contributed by atoms with Crippen LogP contribution in [0.5, 0.6) is 5.75 Å². The molecule has 0 spiro atoms. The predicted molar refractivity (Wildman–Crippen MR) is 70.5 cm³/mol. The summed E-state index contributed by atoms with van der Waals surface area (Å²) in [7, 11) is 0. The zero-order valence-electron chi connectivity index (χ0n) is 10.8. The van der Waals surface area contributed by atoms with Gasteiger partial charge in [-0.15, -0.1) is 0 Å². The summed E-state index contributed by atoms with van der Waals surface area (Å²) >= 11 is 0. The van der Waals surface area contributed by atoms with E-state index in [0.29, 0.717) is 6.04 Å². The minimum atomic E-state index is 0.409. The van der Waals surface area contributed by atoms with Crippen LogP contribution in [-0.4, -0.2) is 32.4 Å². The topological polar surface area (TPSA) is 30.5 Å². The van der Waals surface area contributed by atoms with Gasteiger partial charge in [0, 0.05) is 12.6 Å². The van der Waals surface area contributed by atoms with E-state index in [4.69, 9.17) is 9.47 Å². The van der Waals surface area contributed by atoms with E-state index in [1.807, 2.05) is 37.3 Å². The highest BCUT2D eigenvalue weighted by molar-refractivity contribution is 5.20. The molecule has 1 aromatic rings. The van der Waals surface area contributed by atoms with Crippen LogP contribution < -0.4 is 10.1 Å². The van der Waals surface area contributed by atoms with Crippen molar-refractivity contribution >= 4 is 0 Å². The number of nitrogens with one attached hydrogen (secondary N) is 1. The van der Waals surface area contributed by atoms with Gasteiger partial charge in [0.15, 0.2) is 0 Å². The fourth-order valence-corrected chi connectivity index (χ4v) is 1.48. The van der Waals surface area contributed by atoms with E-state index in [1.54, 1.807) is 0 Å². The zero-order chi connectivity index (χ0) is 12.3. The molecule has 3 nitrogen and oxygen atoms in total. The molecule has 0 bridgehead atoms. The summed E-state index contributed by atoms with van der Waals surface area (Å²) in [6.07, 6.45) is 1.01. The number of rotatable bonds is 9. The van der Waals surface area contributed by atoms with E-state index in [-0.39, 0.29) is 0 Å². The molecule has 17 heavy (non-hydrogen) atoms. The van der Waals surface area contributed by atoms with Gasteiger partial charge in [0.25, 0.3) is 0 Å². The lowest BCUT2D eigenvalue weighted by Crippen LogP contribution is -2.32. The van der Waals surface area contributed by atoms with E-state index in [9.17, 15) is 0 Å². The maximum Gasteiger partial charge on any atom is 0.119 e.